The molecule has 0 saturated heterocycles. The Bertz CT molecular complexity index is 444. The molecule has 1 rings (SSSR count). The average molecular weight is 212 g/mol. The van der Waals surface area contributed by atoms with Gasteiger partial charge in [-0.1, -0.05) is 6.07 Å². The van der Waals surface area contributed by atoms with Crippen LogP contribution in [0.1, 0.15) is 5.56 Å². The minimum absolute atomic E-state index is 0.404. The minimum Gasteiger partial charge on any atom is -0.259 e. The number of nitro groups is 2. The van der Waals surface area contributed by atoms with E-state index in [2.05, 4.69) is 0 Å². The fourth-order valence-electron chi connectivity index (χ4n) is 0.985. The second kappa shape index (κ2) is 4.27. The molecule has 0 amide bonds. The van der Waals surface area contributed by atoms with E-state index in [4.69, 9.17) is 0 Å². The van der Waals surface area contributed by atoms with E-state index >= 15 is 0 Å². The second-order valence-corrected chi connectivity index (χ2v) is 2.53. The maximum Gasteiger partial charge on any atom is 0.279 e. The Morgan fingerprint density at radius 2 is 1.93 bits per heavy atom. The van der Waals surface area contributed by atoms with Gasteiger partial charge in [-0.3, -0.25) is 20.2 Å². The van der Waals surface area contributed by atoms with Gasteiger partial charge in [0.1, 0.15) is 5.82 Å². The zero-order chi connectivity index (χ0) is 11.4. The lowest BCUT2D eigenvalue weighted by molar-refractivity contribution is -0.401. The predicted molar refractivity (Wildman–Crippen MR) is 49.1 cm³/mol. The van der Waals surface area contributed by atoms with Crippen molar-refractivity contribution in [2.24, 2.45) is 0 Å². The Labute approximate surface area is 82.9 Å². The highest BCUT2D eigenvalue weighted by Crippen LogP contribution is 2.22. The Morgan fingerprint density at radius 3 is 2.47 bits per heavy atom. The molecule has 0 fully saturated rings. The van der Waals surface area contributed by atoms with Crippen LogP contribution in [0.2, 0.25) is 0 Å². The van der Waals surface area contributed by atoms with Crippen LogP contribution in [0.5, 0.6) is 0 Å². The highest BCUT2D eigenvalue weighted by Gasteiger charge is 2.15. The van der Waals surface area contributed by atoms with Crippen molar-refractivity contribution in [1.82, 2.24) is 0 Å². The van der Waals surface area contributed by atoms with E-state index in [0.29, 0.717) is 6.20 Å². The van der Waals surface area contributed by atoms with Gasteiger partial charge >= 0.3 is 0 Å². The second-order valence-electron chi connectivity index (χ2n) is 2.53. The molecule has 0 unspecified atom stereocenters. The summed E-state index contributed by atoms with van der Waals surface area (Å²) in [6, 6.07) is 3.23. The van der Waals surface area contributed by atoms with Crippen LogP contribution in [-0.4, -0.2) is 9.85 Å². The average Bonchev–Trinajstić information content (AvgIpc) is 2.15. The van der Waals surface area contributed by atoms with Crippen molar-refractivity contribution in [3.05, 3.63) is 56.0 Å². The van der Waals surface area contributed by atoms with Crippen molar-refractivity contribution >= 4 is 11.8 Å². The molecule has 0 saturated carbocycles. The molecule has 0 aliphatic carbocycles. The van der Waals surface area contributed by atoms with Gasteiger partial charge in [-0.25, -0.2) is 4.39 Å². The molecule has 1 aromatic carbocycles. The third-order valence-corrected chi connectivity index (χ3v) is 1.59. The zero-order valence-electron chi connectivity index (χ0n) is 7.29. The zero-order valence-corrected chi connectivity index (χ0v) is 7.29. The summed E-state index contributed by atoms with van der Waals surface area (Å²) in [6.07, 6.45) is 1.21. The number of benzene rings is 1. The maximum absolute atomic E-state index is 13.1. The van der Waals surface area contributed by atoms with Crippen molar-refractivity contribution in [2.45, 2.75) is 0 Å². The summed E-state index contributed by atoms with van der Waals surface area (Å²) in [6.45, 7) is 0. The minimum atomic E-state index is -0.873. The van der Waals surface area contributed by atoms with Crippen molar-refractivity contribution < 1.29 is 14.2 Å². The predicted octanol–water partition coefficient (Wildman–Crippen LogP) is 1.98. The van der Waals surface area contributed by atoms with Gasteiger partial charge < -0.3 is 0 Å². The highest BCUT2D eigenvalue weighted by molar-refractivity contribution is 5.60. The topological polar surface area (TPSA) is 86.3 Å². The standard InChI is InChI=1S/C8H5FN2O4/c9-7-2-1-3-8(11(14)15)6(7)4-5-10(12)13/h1-5H. The molecule has 0 aliphatic heterocycles. The van der Waals surface area contributed by atoms with Crippen LogP contribution in [0.3, 0.4) is 0 Å². The van der Waals surface area contributed by atoms with Gasteiger partial charge in [-0.2, -0.15) is 0 Å². The summed E-state index contributed by atoms with van der Waals surface area (Å²) in [4.78, 5) is 18.8. The molecule has 0 aliphatic rings. The summed E-state index contributed by atoms with van der Waals surface area (Å²) in [5.41, 5.74) is -0.910. The molecule has 0 aromatic heterocycles. The quantitative estimate of drug-likeness (QED) is 0.566. The van der Waals surface area contributed by atoms with Gasteiger partial charge in [0.2, 0.25) is 6.20 Å². The molecule has 0 spiro atoms. The molecule has 0 N–H and O–H groups in total. The molecule has 15 heavy (non-hydrogen) atoms. The van der Waals surface area contributed by atoms with Gasteiger partial charge in [0.05, 0.1) is 15.4 Å². The molecule has 0 heterocycles. The lowest BCUT2D eigenvalue weighted by Crippen LogP contribution is -1.94. The largest absolute Gasteiger partial charge is 0.279 e. The first-order valence-corrected chi connectivity index (χ1v) is 3.77. The van der Waals surface area contributed by atoms with Crippen molar-refractivity contribution in [1.29, 1.82) is 0 Å². The van der Waals surface area contributed by atoms with E-state index < -0.39 is 26.9 Å². The monoisotopic (exact) mass is 212 g/mol. The first kappa shape index (κ1) is 10.8. The molecule has 7 heteroatoms. The maximum atomic E-state index is 13.1. The number of halogens is 1. The molecular formula is C8H5FN2O4. The number of nitrogens with zero attached hydrogens (tertiary/aromatic N) is 2. The third kappa shape index (κ3) is 2.56. The Kier molecular flexibility index (Phi) is 3.06. The summed E-state index contributed by atoms with van der Waals surface area (Å²) < 4.78 is 13.1. The van der Waals surface area contributed by atoms with Crippen molar-refractivity contribution in [2.75, 3.05) is 0 Å². The van der Waals surface area contributed by atoms with Crippen molar-refractivity contribution in [3.63, 3.8) is 0 Å². The van der Waals surface area contributed by atoms with Gasteiger partial charge in [0, 0.05) is 12.1 Å². The fourth-order valence-corrected chi connectivity index (χ4v) is 0.985. The molecule has 0 bridgehead atoms. The van der Waals surface area contributed by atoms with Crippen LogP contribution in [0, 0.1) is 26.0 Å². The Hall–Kier alpha value is -2.31. The lowest BCUT2D eigenvalue weighted by atomic mass is 10.1. The van der Waals surface area contributed by atoms with E-state index in [-0.39, 0.29) is 0 Å². The van der Waals surface area contributed by atoms with E-state index in [9.17, 15) is 24.6 Å². The van der Waals surface area contributed by atoms with E-state index in [1.807, 2.05) is 0 Å². The number of rotatable bonds is 3. The Balaban J connectivity index is 3.25. The molecule has 78 valence electrons. The lowest BCUT2D eigenvalue weighted by Gasteiger charge is -1.97. The van der Waals surface area contributed by atoms with Crippen LogP contribution < -0.4 is 0 Å². The molecular weight excluding hydrogens is 207 g/mol. The summed E-state index contributed by atoms with van der Waals surface area (Å²) in [7, 11) is 0. The molecule has 0 radical (unpaired) electrons. The molecule has 1 aromatic rings. The normalized spacial score (nSPS) is 10.5. The van der Waals surface area contributed by atoms with Gasteiger partial charge in [0.25, 0.3) is 5.69 Å². The van der Waals surface area contributed by atoms with Crippen LogP contribution in [-0.2, 0) is 0 Å². The van der Waals surface area contributed by atoms with Crippen LogP contribution in [0.4, 0.5) is 10.1 Å². The highest BCUT2D eigenvalue weighted by atomic mass is 19.1. The Morgan fingerprint density at radius 1 is 1.27 bits per heavy atom. The van der Waals surface area contributed by atoms with Crippen molar-refractivity contribution in [3.8, 4) is 0 Å². The van der Waals surface area contributed by atoms with Crippen LogP contribution in [0.25, 0.3) is 6.08 Å². The van der Waals surface area contributed by atoms with Gasteiger partial charge in [-0.15, -0.1) is 0 Å². The van der Waals surface area contributed by atoms with Gasteiger partial charge in [-0.05, 0) is 6.07 Å². The number of hydrogen-bond donors (Lipinski definition) is 0. The van der Waals surface area contributed by atoms with E-state index in [1.165, 1.54) is 0 Å². The number of hydrogen-bond acceptors (Lipinski definition) is 4. The summed E-state index contributed by atoms with van der Waals surface area (Å²) in [5.74, 6) is -0.873. The summed E-state index contributed by atoms with van der Waals surface area (Å²) >= 11 is 0. The van der Waals surface area contributed by atoms with Crippen LogP contribution >= 0.6 is 0 Å². The fraction of sp³-hybridized carbons (Fsp3) is 0. The SMILES string of the molecule is O=[N+]([O-])C=Cc1c(F)cccc1[N+](=O)[O-]. The van der Waals surface area contributed by atoms with Gasteiger partial charge in [0.15, 0.2) is 0 Å². The first-order chi connectivity index (χ1) is 7.02. The summed E-state index contributed by atoms with van der Waals surface area (Å²) in [5, 5.41) is 20.4. The van der Waals surface area contributed by atoms with E-state index in [0.717, 1.165) is 24.3 Å². The molecule has 0 atom stereocenters. The smallest absolute Gasteiger partial charge is 0.259 e. The first-order valence-electron chi connectivity index (χ1n) is 3.77. The third-order valence-electron chi connectivity index (χ3n) is 1.59. The molecule has 6 nitrogen and oxygen atoms in total. The van der Waals surface area contributed by atoms with E-state index in [1.54, 1.807) is 0 Å². The number of nitro benzene ring substituents is 1. The van der Waals surface area contributed by atoms with Crippen LogP contribution in [0.15, 0.2) is 24.4 Å².